The first-order valence-electron chi connectivity index (χ1n) is 10.0. The van der Waals surface area contributed by atoms with Crippen LogP contribution in [0.3, 0.4) is 0 Å². The molecule has 0 bridgehead atoms. The topological polar surface area (TPSA) is 97.6 Å². The Kier molecular flexibility index (Phi) is 6.47. The molecule has 30 heavy (non-hydrogen) atoms. The van der Waals surface area contributed by atoms with Crippen molar-refractivity contribution in [2.75, 3.05) is 26.2 Å². The third-order valence-electron chi connectivity index (χ3n) is 5.12. The zero-order chi connectivity index (χ0) is 22.1. The third kappa shape index (κ3) is 4.49. The van der Waals surface area contributed by atoms with Gasteiger partial charge in [-0.15, -0.1) is 0 Å². The van der Waals surface area contributed by atoms with E-state index in [-0.39, 0.29) is 23.5 Å². The van der Waals surface area contributed by atoms with Crippen molar-refractivity contribution in [2.45, 2.75) is 45.1 Å². The Morgan fingerprint density at radius 2 is 1.87 bits per heavy atom. The van der Waals surface area contributed by atoms with E-state index in [2.05, 4.69) is 10.1 Å². The lowest BCUT2D eigenvalue weighted by atomic mass is 10.2. The fourth-order valence-electron chi connectivity index (χ4n) is 3.59. The van der Waals surface area contributed by atoms with Gasteiger partial charge in [-0.05, 0) is 40.2 Å². The summed E-state index contributed by atoms with van der Waals surface area (Å²) in [5.74, 6) is 0.309. The number of carbonyl (C=O) groups is 1. The van der Waals surface area contributed by atoms with E-state index in [0.717, 1.165) is 0 Å². The van der Waals surface area contributed by atoms with Crippen LogP contribution < -0.4 is 4.74 Å². The Balaban J connectivity index is 1.72. The zero-order valence-electron chi connectivity index (χ0n) is 18.1. The molecule has 3 heterocycles. The molecule has 0 radical (unpaired) electrons. The predicted octanol–water partition coefficient (Wildman–Crippen LogP) is 1.76. The molecule has 0 spiro atoms. The van der Waals surface area contributed by atoms with Crippen LogP contribution in [0.4, 0.5) is 0 Å². The summed E-state index contributed by atoms with van der Waals surface area (Å²) in [6, 6.07) is 3.37. The molecule has 3 rings (SSSR count). The SMILES string of the molecule is Cc1nn(C)c(C)c1S(=O)(=O)N1CCCN(C(=O)c2ccc(OC(C)C)nc2)CC1. The van der Waals surface area contributed by atoms with Gasteiger partial charge in [0.15, 0.2) is 0 Å². The quantitative estimate of drug-likeness (QED) is 0.710. The largest absolute Gasteiger partial charge is 0.475 e. The zero-order valence-corrected chi connectivity index (χ0v) is 18.9. The molecule has 9 nitrogen and oxygen atoms in total. The van der Waals surface area contributed by atoms with E-state index in [0.29, 0.717) is 48.9 Å². The summed E-state index contributed by atoms with van der Waals surface area (Å²) in [4.78, 5) is 19.0. The maximum atomic E-state index is 13.2. The van der Waals surface area contributed by atoms with Crippen molar-refractivity contribution < 1.29 is 17.9 Å². The molecule has 1 fully saturated rings. The van der Waals surface area contributed by atoms with E-state index < -0.39 is 10.0 Å². The minimum absolute atomic E-state index is 0.00433. The number of aryl methyl sites for hydroxylation is 2. The van der Waals surface area contributed by atoms with Crippen molar-refractivity contribution in [3.05, 3.63) is 35.3 Å². The van der Waals surface area contributed by atoms with Gasteiger partial charge in [0.2, 0.25) is 15.9 Å². The van der Waals surface area contributed by atoms with Crippen molar-refractivity contribution >= 4 is 15.9 Å². The second-order valence-electron chi connectivity index (χ2n) is 7.73. The van der Waals surface area contributed by atoms with Crippen LogP contribution in [0.15, 0.2) is 23.2 Å². The first-order valence-corrected chi connectivity index (χ1v) is 11.5. The van der Waals surface area contributed by atoms with Gasteiger partial charge in [-0.25, -0.2) is 13.4 Å². The van der Waals surface area contributed by atoms with Crippen LogP contribution in [0.5, 0.6) is 5.88 Å². The molecule has 1 amide bonds. The number of nitrogens with zero attached hydrogens (tertiary/aromatic N) is 5. The number of carbonyl (C=O) groups excluding carboxylic acids is 1. The molecule has 0 saturated carbocycles. The molecule has 164 valence electrons. The molecule has 2 aromatic rings. The Hall–Kier alpha value is -2.46. The van der Waals surface area contributed by atoms with E-state index in [1.54, 1.807) is 42.6 Å². The van der Waals surface area contributed by atoms with Gasteiger partial charge < -0.3 is 9.64 Å². The first kappa shape index (κ1) is 22.2. The monoisotopic (exact) mass is 435 g/mol. The predicted molar refractivity (Wildman–Crippen MR) is 112 cm³/mol. The van der Waals surface area contributed by atoms with E-state index in [9.17, 15) is 13.2 Å². The van der Waals surface area contributed by atoms with Crippen LogP contribution >= 0.6 is 0 Å². The molecule has 0 aliphatic carbocycles. The maximum Gasteiger partial charge on any atom is 0.255 e. The molecule has 0 atom stereocenters. The molecular formula is C20H29N5O4S. The van der Waals surface area contributed by atoms with Gasteiger partial charge in [-0.2, -0.15) is 9.40 Å². The summed E-state index contributed by atoms with van der Waals surface area (Å²) in [5.41, 5.74) is 1.56. The number of ether oxygens (including phenoxy) is 1. The highest BCUT2D eigenvalue weighted by atomic mass is 32.2. The average molecular weight is 436 g/mol. The minimum Gasteiger partial charge on any atom is -0.475 e. The molecule has 1 aliphatic rings. The van der Waals surface area contributed by atoms with Crippen molar-refractivity contribution in [1.82, 2.24) is 24.0 Å². The van der Waals surface area contributed by atoms with E-state index >= 15 is 0 Å². The summed E-state index contributed by atoms with van der Waals surface area (Å²) >= 11 is 0. The third-order valence-corrected chi connectivity index (χ3v) is 7.27. The van der Waals surface area contributed by atoms with Crippen LogP contribution in [-0.2, 0) is 17.1 Å². The standard InChI is InChI=1S/C20H29N5O4S/c1-14(2)29-18-8-7-17(13-21-18)20(26)24-9-6-10-25(12-11-24)30(27,28)19-15(3)22-23(5)16(19)4/h7-8,13-14H,6,9-12H2,1-5H3. The summed E-state index contributed by atoms with van der Waals surface area (Å²) in [5, 5.41) is 4.23. The highest BCUT2D eigenvalue weighted by molar-refractivity contribution is 7.89. The molecular weight excluding hydrogens is 406 g/mol. The maximum absolute atomic E-state index is 13.2. The van der Waals surface area contributed by atoms with Gasteiger partial charge in [0, 0.05) is 45.5 Å². The Labute approximate surface area is 177 Å². The van der Waals surface area contributed by atoms with E-state index in [4.69, 9.17) is 4.74 Å². The number of pyridine rings is 1. The number of hydrogen-bond acceptors (Lipinski definition) is 6. The molecule has 0 aromatic carbocycles. The van der Waals surface area contributed by atoms with E-state index in [1.165, 1.54) is 10.5 Å². The lowest BCUT2D eigenvalue weighted by Gasteiger charge is -2.22. The molecule has 2 aromatic heterocycles. The highest BCUT2D eigenvalue weighted by Crippen LogP contribution is 2.24. The second kappa shape index (κ2) is 8.73. The number of amides is 1. The Morgan fingerprint density at radius 1 is 1.13 bits per heavy atom. The lowest BCUT2D eigenvalue weighted by molar-refractivity contribution is 0.0763. The van der Waals surface area contributed by atoms with Crippen molar-refractivity contribution in [3.8, 4) is 5.88 Å². The van der Waals surface area contributed by atoms with E-state index in [1.807, 2.05) is 13.8 Å². The van der Waals surface area contributed by atoms with Gasteiger partial charge >= 0.3 is 0 Å². The van der Waals surface area contributed by atoms with Crippen LogP contribution in [0, 0.1) is 13.8 Å². The van der Waals surface area contributed by atoms with Gasteiger partial charge in [0.1, 0.15) is 4.90 Å². The van der Waals surface area contributed by atoms with Crippen molar-refractivity contribution in [3.63, 3.8) is 0 Å². The number of aromatic nitrogens is 3. The molecule has 0 unspecified atom stereocenters. The lowest BCUT2D eigenvalue weighted by Crippen LogP contribution is -2.37. The molecule has 0 N–H and O–H groups in total. The molecule has 1 saturated heterocycles. The minimum atomic E-state index is -3.67. The molecule has 10 heteroatoms. The first-order chi connectivity index (χ1) is 14.1. The van der Waals surface area contributed by atoms with Gasteiger partial charge in [-0.3, -0.25) is 9.48 Å². The van der Waals surface area contributed by atoms with Gasteiger partial charge in [-0.1, -0.05) is 0 Å². The Morgan fingerprint density at radius 3 is 2.43 bits per heavy atom. The van der Waals surface area contributed by atoms with Gasteiger partial charge in [0.05, 0.1) is 23.1 Å². The van der Waals surface area contributed by atoms with Crippen LogP contribution in [0.1, 0.15) is 42.0 Å². The van der Waals surface area contributed by atoms with Crippen LogP contribution in [0.25, 0.3) is 0 Å². The van der Waals surface area contributed by atoms with Crippen molar-refractivity contribution in [1.29, 1.82) is 0 Å². The fraction of sp³-hybridized carbons (Fsp3) is 0.550. The highest BCUT2D eigenvalue weighted by Gasteiger charge is 2.32. The fourth-order valence-corrected chi connectivity index (χ4v) is 5.46. The summed E-state index contributed by atoms with van der Waals surface area (Å²) in [6.45, 7) is 8.68. The number of rotatable bonds is 5. The molecule has 1 aliphatic heterocycles. The van der Waals surface area contributed by atoms with Crippen LogP contribution in [-0.4, -0.2) is 70.6 Å². The van der Waals surface area contributed by atoms with Gasteiger partial charge in [0.25, 0.3) is 5.91 Å². The summed E-state index contributed by atoms with van der Waals surface area (Å²) in [7, 11) is -1.94. The van der Waals surface area contributed by atoms with Crippen LogP contribution in [0.2, 0.25) is 0 Å². The summed E-state index contributed by atoms with van der Waals surface area (Å²) < 4.78 is 35.0. The number of hydrogen-bond donors (Lipinski definition) is 0. The Bertz CT molecular complexity index is 1010. The average Bonchev–Trinajstić information content (AvgIpc) is 2.86. The van der Waals surface area contributed by atoms with Crippen molar-refractivity contribution in [2.24, 2.45) is 7.05 Å². The normalized spacial score (nSPS) is 16.0. The smallest absolute Gasteiger partial charge is 0.255 e. The number of sulfonamides is 1. The second-order valence-corrected chi connectivity index (χ2v) is 9.60. The summed E-state index contributed by atoms with van der Waals surface area (Å²) in [6.07, 6.45) is 2.07.